The van der Waals surface area contributed by atoms with Gasteiger partial charge in [0, 0.05) is 24.5 Å². The maximum Gasteiger partial charge on any atom is 0.220 e. The zero-order chi connectivity index (χ0) is 10.7. The number of hydrogen-bond acceptors (Lipinski definition) is 3. The van der Waals surface area contributed by atoms with Gasteiger partial charge in [-0.2, -0.15) is 0 Å². The van der Waals surface area contributed by atoms with Crippen LogP contribution in [0.15, 0.2) is 0 Å². The molecule has 2 fully saturated rings. The van der Waals surface area contributed by atoms with Crippen molar-refractivity contribution in [3.63, 3.8) is 0 Å². The summed E-state index contributed by atoms with van der Waals surface area (Å²) in [6.07, 6.45) is 6.11. The van der Waals surface area contributed by atoms with Gasteiger partial charge < -0.3 is 16.4 Å². The average Bonchev–Trinajstić information content (AvgIpc) is 2.92. The molecule has 15 heavy (non-hydrogen) atoms. The van der Waals surface area contributed by atoms with E-state index in [9.17, 15) is 4.79 Å². The first-order valence-corrected chi connectivity index (χ1v) is 6.02. The van der Waals surface area contributed by atoms with Gasteiger partial charge in [0.05, 0.1) is 0 Å². The summed E-state index contributed by atoms with van der Waals surface area (Å²) >= 11 is 0. The van der Waals surface area contributed by atoms with Crippen molar-refractivity contribution in [3.8, 4) is 0 Å². The molecule has 4 heteroatoms. The Kier molecular flexibility index (Phi) is 3.59. The number of carbonyl (C=O) groups is 1. The largest absolute Gasteiger partial charge is 0.353 e. The van der Waals surface area contributed by atoms with Crippen molar-refractivity contribution >= 4 is 5.91 Å². The second-order valence-corrected chi connectivity index (χ2v) is 4.83. The summed E-state index contributed by atoms with van der Waals surface area (Å²) in [5.74, 6) is 0.213. The van der Waals surface area contributed by atoms with Gasteiger partial charge in [0.15, 0.2) is 0 Å². The van der Waals surface area contributed by atoms with Crippen LogP contribution in [-0.4, -0.2) is 30.6 Å². The van der Waals surface area contributed by atoms with Crippen LogP contribution in [0.3, 0.4) is 0 Å². The Morgan fingerprint density at radius 2 is 2.00 bits per heavy atom. The number of hydrogen-bond donors (Lipinski definition) is 3. The van der Waals surface area contributed by atoms with Gasteiger partial charge in [-0.05, 0) is 38.6 Å². The molecule has 2 aliphatic carbocycles. The summed E-state index contributed by atoms with van der Waals surface area (Å²) < 4.78 is 0. The molecule has 0 radical (unpaired) electrons. The van der Waals surface area contributed by atoms with Crippen molar-refractivity contribution in [2.24, 2.45) is 5.73 Å². The van der Waals surface area contributed by atoms with Crippen LogP contribution in [-0.2, 0) is 4.79 Å². The highest BCUT2D eigenvalue weighted by Gasteiger charge is 2.25. The van der Waals surface area contributed by atoms with Crippen LogP contribution in [0, 0.1) is 0 Å². The molecule has 0 spiro atoms. The van der Waals surface area contributed by atoms with Crippen LogP contribution < -0.4 is 16.4 Å². The normalized spacial score (nSPS) is 29.7. The second kappa shape index (κ2) is 4.94. The van der Waals surface area contributed by atoms with Crippen LogP contribution >= 0.6 is 0 Å². The number of nitrogens with two attached hydrogens (primary N) is 1. The van der Waals surface area contributed by atoms with Crippen LogP contribution in [0.4, 0.5) is 0 Å². The molecule has 1 amide bonds. The van der Waals surface area contributed by atoms with Gasteiger partial charge in [0.25, 0.3) is 0 Å². The van der Waals surface area contributed by atoms with Gasteiger partial charge in [0.2, 0.25) is 5.91 Å². The molecule has 2 rings (SSSR count). The third-order valence-electron chi connectivity index (χ3n) is 3.13. The van der Waals surface area contributed by atoms with Crippen molar-refractivity contribution in [2.45, 2.75) is 56.7 Å². The second-order valence-electron chi connectivity index (χ2n) is 4.83. The Balaban J connectivity index is 1.42. The zero-order valence-corrected chi connectivity index (χ0v) is 9.17. The van der Waals surface area contributed by atoms with Crippen LogP contribution in [0.2, 0.25) is 0 Å². The topological polar surface area (TPSA) is 67.1 Å². The third-order valence-corrected chi connectivity index (χ3v) is 3.13. The Morgan fingerprint density at radius 1 is 1.27 bits per heavy atom. The van der Waals surface area contributed by atoms with E-state index < -0.39 is 0 Å². The first kappa shape index (κ1) is 10.9. The summed E-state index contributed by atoms with van der Waals surface area (Å²) in [4.78, 5) is 11.3. The van der Waals surface area contributed by atoms with Gasteiger partial charge in [-0.25, -0.2) is 0 Å². The maximum absolute atomic E-state index is 11.3. The van der Waals surface area contributed by atoms with E-state index >= 15 is 0 Å². The minimum absolute atomic E-state index is 0.213. The fourth-order valence-electron chi connectivity index (χ4n) is 1.91. The summed E-state index contributed by atoms with van der Waals surface area (Å²) in [5, 5.41) is 6.40. The number of amides is 1. The van der Waals surface area contributed by atoms with E-state index in [2.05, 4.69) is 10.6 Å². The molecular formula is C11H21N3O. The molecule has 0 atom stereocenters. The van der Waals surface area contributed by atoms with E-state index in [-0.39, 0.29) is 5.91 Å². The molecule has 86 valence electrons. The smallest absolute Gasteiger partial charge is 0.220 e. The van der Waals surface area contributed by atoms with E-state index in [1.54, 1.807) is 0 Å². The van der Waals surface area contributed by atoms with Crippen molar-refractivity contribution in [1.29, 1.82) is 0 Å². The molecule has 0 heterocycles. The minimum Gasteiger partial charge on any atom is -0.353 e. The zero-order valence-electron chi connectivity index (χ0n) is 9.17. The molecule has 0 aromatic carbocycles. The lowest BCUT2D eigenvalue weighted by molar-refractivity contribution is -0.121. The fraction of sp³-hybridized carbons (Fsp3) is 0.909. The van der Waals surface area contributed by atoms with Gasteiger partial charge >= 0.3 is 0 Å². The van der Waals surface area contributed by atoms with Crippen molar-refractivity contribution in [2.75, 3.05) is 6.54 Å². The Morgan fingerprint density at radius 3 is 2.60 bits per heavy atom. The molecule has 0 unspecified atom stereocenters. The van der Waals surface area contributed by atoms with E-state index in [1.807, 2.05) is 0 Å². The molecule has 4 nitrogen and oxygen atoms in total. The standard InChI is InChI=1S/C11H21N3O/c12-8-6-10(7-8)13-5-1-2-11(15)14-9-3-4-9/h8-10,13H,1-7,12H2,(H,14,15). The van der Waals surface area contributed by atoms with E-state index in [1.165, 1.54) is 12.8 Å². The summed E-state index contributed by atoms with van der Waals surface area (Å²) in [6.45, 7) is 0.940. The first-order valence-electron chi connectivity index (χ1n) is 6.02. The number of carbonyl (C=O) groups excluding carboxylic acids is 1. The van der Waals surface area contributed by atoms with E-state index in [0.29, 0.717) is 24.5 Å². The monoisotopic (exact) mass is 211 g/mol. The fourth-order valence-corrected chi connectivity index (χ4v) is 1.91. The number of rotatable bonds is 6. The molecule has 0 aromatic heterocycles. The van der Waals surface area contributed by atoms with Crippen molar-refractivity contribution < 1.29 is 4.79 Å². The van der Waals surface area contributed by atoms with Crippen LogP contribution in [0.1, 0.15) is 38.5 Å². The Labute approximate surface area is 91.0 Å². The average molecular weight is 211 g/mol. The molecule has 0 saturated heterocycles. The van der Waals surface area contributed by atoms with Crippen LogP contribution in [0.25, 0.3) is 0 Å². The predicted molar refractivity (Wildman–Crippen MR) is 59.4 cm³/mol. The molecule has 0 aromatic rings. The Bertz CT molecular complexity index is 222. The molecule has 2 saturated carbocycles. The quantitative estimate of drug-likeness (QED) is 0.547. The van der Waals surface area contributed by atoms with Gasteiger partial charge in [-0.15, -0.1) is 0 Å². The highest BCUT2D eigenvalue weighted by molar-refractivity contribution is 5.76. The Hall–Kier alpha value is -0.610. The van der Waals surface area contributed by atoms with E-state index in [0.717, 1.165) is 25.8 Å². The SMILES string of the molecule is NC1CC(NCCCC(=O)NC2CC2)C1. The van der Waals surface area contributed by atoms with E-state index in [4.69, 9.17) is 5.73 Å². The molecule has 4 N–H and O–H groups in total. The summed E-state index contributed by atoms with van der Waals surface area (Å²) in [6, 6.07) is 1.50. The third kappa shape index (κ3) is 3.80. The molecular weight excluding hydrogens is 190 g/mol. The minimum atomic E-state index is 0.213. The number of nitrogens with one attached hydrogen (secondary N) is 2. The highest BCUT2D eigenvalue weighted by atomic mass is 16.1. The van der Waals surface area contributed by atoms with Crippen molar-refractivity contribution in [1.82, 2.24) is 10.6 Å². The molecule has 2 aliphatic rings. The van der Waals surface area contributed by atoms with Crippen molar-refractivity contribution in [3.05, 3.63) is 0 Å². The molecule has 0 bridgehead atoms. The first-order chi connectivity index (χ1) is 7.24. The lowest BCUT2D eigenvalue weighted by Gasteiger charge is -2.33. The summed E-state index contributed by atoms with van der Waals surface area (Å²) in [5.41, 5.74) is 5.68. The van der Waals surface area contributed by atoms with Gasteiger partial charge in [-0.1, -0.05) is 0 Å². The van der Waals surface area contributed by atoms with Crippen LogP contribution in [0.5, 0.6) is 0 Å². The highest BCUT2D eigenvalue weighted by Crippen LogP contribution is 2.19. The predicted octanol–water partition coefficient (Wildman–Crippen LogP) is 0.124. The lowest BCUT2D eigenvalue weighted by atomic mass is 9.87. The molecule has 0 aliphatic heterocycles. The maximum atomic E-state index is 11.3. The summed E-state index contributed by atoms with van der Waals surface area (Å²) in [7, 11) is 0. The van der Waals surface area contributed by atoms with Gasteiger partial charge in [0.1, 0.15) is 0 Å². The van der Waals surface area contributed by atoms with Gasteiger partial charge in [-0.3, -0.25) is 4.79 Å². The lowest BCUT2D eigenvalue weighted by Crippen LogP contribution is -2.48.